The highest BCUT2D eigenvalue weighted by Crippen LogP contribution is 2.32. The Morgan fingerprint density at radius 1 is 1.28 bits per heavy atom. The Kier molecular flexibility index (Phi) is 3.27. The molecule has 18 heavy (non-hydrogen) atoms. The van der Waals surface area contributed by atoms with Gasteiger partial charge in [-0.1, -0.05) is 0 Å². The monoisotopic (exact) mass is 262 g/mol. The second-order valence-electron chi connectivity index (χ2n) is 3.87. The molecule has 0 saturated carbocycles. The summed E-state index contributed by atoms with van der Waals surface area (Å²) < 4.78 is 55.1. The molecule has 2 aromatic rings. The molecule has 1 aromatic heterocycles. The Morgan fingerprint density at radius 2 is 2.00 bits per heavy atom. The summed E-state index contributed by atoms with van der Waals surface area (Å²) in [6, 6.07) is 3.86. The van der Waals surface area contributed by atoms with Crippen LogP contribution in [0.5, 0.6) is 0 Å². The molecule has 0 spiro atoms. The second-order valence-corrected chi connectivity index (χ2v) is 3.87. The molecule has 1 aromatic carbocycles. The molecule has 0 aliphatic carbocycles. The van der Waals surface area contributed by atoms with E-state index in [9.17, 15) is 17.6 Å². The quantitative estimate of drug-likeness (QED) is 0.508. The van der Waals surface area contributed by atoms with Crippen LogP contribution in [0.25, 0.3) is 11.0 Å². The topological polar surface area (TPSA) is 51.2 Å². The molecule has 1 unspecified atom stereocenters. The van der Waals surface area contributed by atoms with E-state index in [2.05, 4.69) is 0 Å². The van der Waals surface area contributed by atoms with Gasteiger partial charge in [-0.2, -0.15) is 13.2 Å². The van der Waals surface area contributed by atoms with Crippen molar-refractivity contribution in [3.63, 3.8) is 0 Å². The average Bonchev–Trinajstić information content (AvgIpc) is 2.67. The summed E-state index contributed by atoms with van der Waals surface area (Å²) >= 11 is 0. The Bertz CT molecular complexity index is 549. The minimum absolute atomic E-state index is 0.0235. The molecule has 1 atom stereocenters. The van der Waals surface area contributed by atoms with Crippen LogP contribution in [0.3, 0.4) is 0 Å². The first-order valence-corrected chi connectivity index (χ1v) is 5.11. The van der Waals surface area contributed by atoms with Crippen molar-refractivity contribution in [3.05, 3.63) is 35.8 Å². The van der Waals surface area contributed by atoms with Gasteiger partial charge >= 0.3 is 6.18 Å². The molecule has 2 rings (SSSR count). The molecule has 98 valence electrons. The highest BCUT2D eigenvalue weighted by Gasteiger charge is 2.33. The molecular formula is C11H10F4N2O. The smallest absolute Gasteiger partial charge is 0.391 e. The van der Waals surface area contributed by atoms with Gasteiger partial charge in [0.25, 0.3) is 0 Å². The Morgan fingerprint density at radius 3 is 2.61 bits per heavy atom. The lowest BCUT2D eigenvalue weighted by Crippen LogP contribution is -2.31. The number of nitrogens with two attached hydrogens (primary N) is 1. The summed E-state index contributed by atoms with van der Waals surface area (Å²) in [4.78, 5) is 0. The first kappa shape index (κ1) is 12.8. The summed E-state index contributed by atoms with van der Waals surface area (Å²) in [6.07, 6.45) is -5.53. The highest BCUT2D eigenvalue weighted by molar-refractivity contribution is 5.78. The third kappa shape index (κ3) is 2.80. The molecule has 7 heteroatoms. The SMILES string of the molecule is NNC(CC(F)(F)F)c1cc2cc(F)ccc2o1. The van der Waals surface area contributed by atoms with Gasteiger partial charge in [-0.25, -0.2) is 9.82 Å². The fraction of sp³-hybridized carbons (Fsp3) is 0.273. The number of furan rings is 1. The highest BCUT2D eigenvalue weighted by atomic mass is 19.4. The molecular weight excluding hydrogens is 252 g/mol. The lowest BCUT2D eigenvalue weighted by Gasteiger charge is -2.15. The van der Waals surface area contributed by atoms with Crippen LogP contribution in [0.4, 0.5) is 17.6 Å². The van der Waals surface area contributed by atoms with E-state index in [-0.39, 0.29) is 5.76 Å². The van der Waals surface area contributed by atoms with E-state index in [1.54, 1.807) is 0 Å². The number of alkyl halides is 3. The number of hydrogen-bond donors (Lipinski definition) is 2. The first-order valence-electron chi connectivity index (χ1n) is 5.11. The predicted molar refractivity (Wildman–Crippen MR) is 56.9 cm³/mol. The largest absolute Gasteiger partial charge is 0.459 e. The van der Waals surface area contributed by atoms with Crippen LogP contribution >= 0.6 is 0 Å². The van der Waals surface area contributed by atoms with Crippen molar-refractivity contribution in [2.75, 3.05) is 0 Å². The van der Waals surface area contributed by atoms with E-state index in [4.69, 9.17) is 10.3 Å². The van der Waals surface area contributed by atoms with Crippen molar-refractivity contribution < 1.29 is 22.0 Å². The maximum Gasteiger partial charge on any atom is 0.391 e. The maximum atomic E-state index is 12.9. The zero-order chi connectivity index (χ0) is 13.3. The molecule has 0 amide bonds. The molecule has 0 radical (unpaired) electrons. The van der Waals surface area contributed by atoms with Gasteiger partial charge in [-0.15, -0.1) is 0 Å². The third-order valence-electron chi connectivity index (χ3n) is 2.48. The molecule has 0 saturated heterocycles. The number of fused-ring (bicyclic) bond motifs is 1. The summed E-state index contributed by atoms with van der Waals surface area (Å²) in [7, 11) is 0. The fourth-order valence-corrected chi connectivity index (χ4v) is 1.68. The number of nitrogens with one attached hydrogen (secondary N) is 1. The average molecular weight is 262 g/mol. The lowest BCUT2D eigenvalue weighted by atomic mass is 10.1. The van der Waals surface area contributed by atoms with Crippen LogP contribution in [0.15, 0.2) is 28.7 Å². The van der Waals surface area contributed by atoms with Gasteiger partial charge in [0.05, 0.1) is 12.5 Å². The van der Waals surface area contributed by atoms with E-state index in [0.29, 0.717) is 11.0 Å². The van der Waals surface area contributed by atoms with E-state index in [1.807, 2.05) is 5.43 Å². The van der Waals surface area contributed by atoms with Gasteiger partial charge in [0.1, 0.15) is 17.2 Å². The molecule has 3 N–H and O–H groups in total. The Balaban J connectivity index is 2.34. The van der Waals surface area contributed by atoms with Crippen LogP contribution < -0.4 is 11.3 Å². The fourth-order valence-electron chi connectivity index (χ4n) is 1.68. The number of benzene rings is 1. The van der Waals surface area contributed by atoms with Crippen molar-refractivity contribution in [3.8, 4) is 0 Å². The van der Waals surface area contributed by atoms with Gasteiger partial charge in [-0.3, -0.25) is 5.84 Å². The molecule has 0 fully saturated rings. The van der Waals surface area contributed by atoms with Crippen molar-refractivity contribution in [1.82, 2.24) is 5.43 Å². The number of hydrogen-bond acceptors (Lipinski definition) is 3. The molecule has 3 nitrogen and oxygen atoms in total. The predicted octanol–water partition coefficient (Wildman–Crippen LogP) is 3.03. The van der Waals surface area contributed by atoms with Crippen molar-refractivity contribution in [2.24, 2.45) is 5.84 Å². The third-order valence-corrected chi connectivity index (χ3v) is 2.48. The van der Waals surface area contributed by atoms with E-state index in [1.165, 1.54) is 24.3 Å². The van der Waals surface area contributed by atoms with E-state index < -0.39 is 24.5 Å². The Labute approximate surface area is 99.5 Å². The van der Waals surface area contributed by atoms with Crippen LogP contribution in [0, 0.1) is 5.82 Å². The minimum Gasteiger partial charge on any atom is -0.459 e. The van der Waals surface area contributed by atoms with E-state index >= 15 is 0 Å². The zero-order valence-corrected chi connectivity index (χ0v) is 9.09. The Hall–Kier alpha value is -1.60. The summed E-state index contributed by atoms with van der Waals surface area (Å²) in [5, 5.41) is 0.396. The number of rotatable bonds is 3. The van der Waals surface area contributed by atoms with E-state index in [0.717, 1.165) is 0 Å². The summed E-state index contributed by atoms with van der Waals surface area (Å²) in [5.41, 5.74) is 2.36. The number of hydrazine groups is 1. The molecule has 0 bridgehead atoms. The second kappa shape index (κ2) is 4.58. The molecule has 0 aliphatic heterocycles. The number of halogens is 4. The standard InChI is InChI=1S/C11H10F4N2O/c12-7-1-2-9-6(3-7)4-10(18-9)8(17-16)5-11(13,14)15/h1-4,8,17H,5,16H2. The minimum atomic E-state index is -4.37. The van der Waals surface area contributed by atoms with Crippen LogP contribution in [-0.2, 0) is 0 Å². The van der Waals surface area contributed by atoms with Gasteiger partial charge in [0.2, 0.25) is 0 Å². The van der Waals surface area contributed by atoms with Crippen LogP contribution in [0.2, 0.25) is 0 Å². The first-order chi connectivity index (χ1) is 8.39. The van der Waals surface area contributed by atoms with Crippen molar-refractivity contribution in [2.45, 2.75) is 18.6 Å². The molecule has 0 aliphatic rings. The van der Waals surface area contributed by atoms with Gasteiger partial charge in [0, 0.05) is 5.39 Å². The van der Waals surface area contributed by atoms with Gasteiger partial charge < -0.3 is 4.42 Å². The lowest BCUT2D eigenvalue weighted by molar-refractivity contribution is -0.141. The van der Waals surface area contributed by atoms with Gasteiger partial charge in [-0.05, 0) is 24.3 Å². The van der Waals surface area contributed by atoms with Crippen LogP contribution in [0.1, 0.15) is 18.2 Å². The molecule has 1 heterocycles. The normalized spacial score (nSPS) is 14.1. The van der Waals surface area contributed by atoms with Gasteiger partial charge in [0.15, 0.2) is 0 Å². The maximum absolute atomic E-state index is 12.9. The van der Waals surface area contributed by atoms with Crippen molar-refractivity contribution in [1.29, 1.82) is 0 Å². The van der Waals surface area contributed by atoms with Crippen molar-refractivity contribution >= 4 is 11.0 Å². The summed E-state index contributed by atoms with van der Waals surface area (Å²) in [5.74, 6) is 4.62. The van der Waals surface area contributed by atoms with Crippen LogP contribution in [-0.4, -0.2) is 6.18 Å². The zero-order valence-electron chi connectivity index (χ0n) is 9.09. The summed E-state index contributed by atoms with van der Waals surface area (Å²) in [6.45, 7) is 0.